The van der Waals surface area contributed by atoms with Crippen LogP contribution in [0.15, 0.2) is 12.1 Å². The first-order chi connectivity index (χ1) is 5.70. The Bertz CT molecular complexity index is 294. The summed E-state index contributed by atoms with van der Waals surface area (Å²) in [6.45, 7) is -0.172. The van der Waals surface area contributed by atoms with Gasteiger partial charge in [-0.25, -0.2) is 8.78 Å². The van der Waals surface area contributed by atoms with Gasteiger partial charge in [0.1, 0.15) is 5.82 Å². The maximum absolute atomic E-state index is 13.1. The summed E-state index contributed by atoms with van der Waals surface area (Å²) in [5, 5.41) is 0. The van der Waals surface area contributed by atoms with Crippen molar-refractivity contribution in [2.45, 2.75) is 6.54 Å². The monoisotopic (exact) mass is 209 g/mol. The third kappa shape index (κ3) is 2.29. The fraction of sp³-hybridized carbons (Fsp3) is 0.250. The molecule has 0 radical (unpaired) electrons. The van der Waals surface area contributed by atoms with Crippen LogP contribution in [0.25, 0.3) is 0 Å². The Morgan fingerprint density at radius 1 is 1.38 bits per heavy atom. The van der Waals surface area contributed by atoms with E-state index in [4.69, 9.17) is 5.73 Å². The second kappa shape index (κ2) is 4.99. The maximum atomic E-state index is 13.1. The molecule has 0 saturated carbocycles. The predicted molar refractivity (Wildman–Crippen MR) is 48.0 cm³/mol. The molecule has 0 atom stereocenters. The highest BCUT2D eigenvalue weighted by atomic mass is 35.5. The molecule has 0 aliphatic carbocycles. The lowest BCUT2D eigenvalue weighted by atomic mass is 10.2. The van der Waals surface area contributed by atoms with E-state index in [9.17, 15) is 8.78 Å². The van der Waals surface area contributed by atoms with Crippen LogP contribution in [0.3, 0.4) is 0 Å². The normalized spacial score (nSPS) is 9.23. The molecular weight excluding hydrogens is 200 g/mol. The van der Waals surface area contributed by atoms with Crippen molar-refractivity contribution in [3.8, 4) is 5.75 Å². The van der Waals surface area contributed by atoms with Crippen LogP contribution < -0.4 is 10.5 Å². The van der Waals surface area contributed by atoms with Crippen molar-refractivity contribution in [3.63, 3.8) is 0 Å². The second-order valence-corrected chi connectivity index (χ2v) is 2.25. The van der Waals surface area contributed by atoms with Crippen molar-refractivity contribution in [1.29, 1.82) is 0 Å². The molecule has 13 heavy (non-hydrogen) atoms. The summed E-state index contributed by atoms with van der Waals surface area (Å²) in [5.41, 5.74) is 5.00. The molecule has 0 heterocycles. The van der Waals surface area contributed by atoms with E-state index in [1.807, 2.05) is 0 Å². The van der Waals surface area contributed by atoms with Gasteiger partial charge in [-0.15, -0.1) is 12.4 Å². The van der Waals surface area contributed by atoms with Crippen LogP contribution in [-0.4, -0.2) is 7.11 Å². The van der Waals surface area contributed by atoms with E-state index >= 15 is 0 Å². The molecule has 0 aromatic heterocycles. The van der Waals surface area contributed by atoms with Crippen molar-refractivity contribution < 1.29 is 13.5 Å². The van der Waals surface area contributed by atoms with E-state index in [-0.39, 0.29) is 30.3 Å². The maximum Gasteiger partial charge on any atom is 0.172 e. The van der Waals surface area contributed by atoms with E-state index in [1.54, 1.807) is 0 Å². The quantitative estimate of drug-likeness (QED) is 0.807. The first-order valence-electron chi connectivity index (χ1n) is 3.41. The molecule has 1 aromatic rings. The Morgan fingerprint density at radius 2 is 2.00 bits per heavy atom. The molecular formula is C8H10ClF2NO. The van der Waals surface area contributed by atoms with Crippen molar-refractivity contribution in [2.75, 3.05) is 7.11 Å². The van der Waals surface area contributed by atoms with Crippen molar-refractivity contribution in [2.24, 2.45) is 5.73 Å². The third-order valence-electron chi connectivity index (χ3n) is 1.57. The molecule has 0 bridgehead atoms. The third-order valence-corrected chi connectivity index (χ3v) is 1.57. The number of hydrogen-bond donors (Lipinski definition) is 1. The zero-order valence-corrected chi connectivity index (χ0v) is 7.83. The van der Waals surface area contributed by atoms with Crippen LogP contribution in [0.5, 0.6) is 5.75 Å². The molecule has 2 N–H and O–H groups in total. The molecule has 0 fully saturated rings. The lowest BCUT2D eigenvalue weighted by Crippen LogP contribution is -2.04. The first-order valence-corrected chi connectivity index (χ1v) is 3.41. The summed E-state index contributed by atoms with van der Waals surface area (Å²) in [6.07, 6.45) is 0. The average molecular weight is 210 g/mol. The van der Waals surface area contributed by atoms with E-state index in [0.29, 0.717) is 0 Å². The SMILES string of the molecule is COc1ccc(F)c(CN)c1F.Cl. The van der Waals surface area contributed by atoms with E-state index in [1.165, 1.54) is 13.2 Å². The summed E-state index contributed by atoms with van der Waals surface area (Å²) in [7, 11) is 1.32. The largest absolute Gasteiger partial charge is 0.494 e. The zero-order valence-electron chi connectivity index (χ0n) is 7.01. The highest BCUT2D eigenvalue weighted by Gasteiger charge is 2.11. The Kier molecular flexibility index (Phi) is 4.66. The van der Waals surface area contributed by atoms with Gasteiger partial charge in [-0.2, -0.15) is 0 Å². The molecule has 1 aromatic carbocycles. The van der Waals surface area contributed by atoms with Gasteiger partial charge in [0.25, 0.3) is 0 Å². The number of ether oxygens (including phenoxy) is 1. The van der Waals surface area contributed by atoms with Gasteiger partial charge in [0.2, 0.25) is 0 Å². The standard InChI is InChI=1S/C8H9F2NO.ClH/c1-12-7-3-2-6(9)5(4-11)8(7)10;/h2-3H,4,11H2,1H3;1H. The topological polar surface area (TPSA) is 35.2 Å². The lowest BCUT2D eigenvalue weighted by molar-refractivity contribution is 0.380. The minimum atomic E-state index is -0.722. The fourth-order valence-electron chi connectivity index (χ4n) is 0.921. The van der Waals surface area contributed by atoms with Crippen LogP contribution in [0, 0.1) is 11.6 Å². The number of methoxy groups -OCH3 is 1. The zero-order chi connectivity index (χ0) is 9.14. The highest BCUT2D eigenvalue weighted by molar-refractivity contribution is 5.85. The molecule has 74 valence electrons. The molecule has 1 rings (SSSR count). The molecule has 0 unspecified atom stereocenters. The summed E-state index contributed by atoms with van der Waals surface area (Å²) in [5.74, 6) is -1.35. The van der Waals surface area contributed by atoms with Gasteiger partial charge in [0, 0.05) is 12.1 Å². The number of hydrogen-bond acceptors (Lipinski definition) is 2. The van der Waals surface area contributed by atoms with Crippen LogP contribution >= 0.6 is 12.4 Å². The van der Waals surface area contributed by atoms with E-state index < -0.39 is 11.6 Å². The van der Waals surface area contributed by atoms with Gasteiger partial charge in [-0.05, 0) is 12.1 Å². The summed E-state index contributed by atoms with van der Waals surface area (Å²) in [6, 6.07) is 2.36. The number of benzene rings is 1. The molecule has 0 spiro atoms. The molecule has 2 nitrogen and oxygen atoms in total. The minimum absolute atomic E-state index is 0. The molecule has 0 amide bonds. The van der Waals surface area contributed by atoms with Gasteiger partial charge >= 0.3 is 0 Å². The second-order valence-electron chi connectivity index (χ2n) is 2.25. The number of rotatable bonds is 2. The molecule has 0 aliphatic heterocycles. The van der Waals surface area contributed by atoms with Crippen LogP contribution in [0.2, 0.25) is 0 Å². The molecule has 0 aliphatic rings. The first kappa shape index (κ1) is 12.1. The average Bonchev–Trinajstić information content (AvgIpc) is 2.06. The van der Waals surface area contributed by atoms with Gasteiger partial charge < -0.3 is 10.5 Å². The van der Waals surface area contributed by atoms with Crippen LogP contribution in [0.4, 0.5) is 8.78 Å². The van der Waals surface area contributed by atoms with Gasteiger partial charge in [-0.3, -0.25) is 0 Å². The Balaban J connectivity index is 0.00000144. The summed E-state index contributed by atoms with van der Waals surface area (Å²) in [4.78, 5) is 0. The van der Waals surface area contributed by atoms with Crippen molar-refractivity contribution in [1.82, 2.24) is 0 Å². The van der Waals surface area contributed by atoms with E-state index in [2.05, 4.69) is 4.74 Å². The fourth-order valence-corrected chi connectivity index (χ4v) is 0.921. The lowest BCUT2D eigenvalue weighted by Gasteiger charge is -2.05. The predicted octanol–water partition coefficient (Wildman–Crippen LogP) is 1.85. The smallest absolute Gasteiger partial charge is 0.172 e. The van der Waals surface area contributed by atoms with Gasteiger partial charge in [-0.1, -0.05) is 0 Å². The Morgan fingerprint density at radius 3 is 2.46 bits per heavy atom. The highest BCUT2D eigenvalue weighted by Crippen LogP contribution is 2.22. The number of halogens is 3. The van der Waals surface area contributed by atoms with Crippen molar-refractivity contribution >= 4 is 12.4 Å². The Labute approximate surface area is 81.1 Å². The minimum Gasteiger partial charge on any atom is -0.494 e. The van der Waals surface area contributed by atoms with Crippen LogP contribution in [-0.2, 0) is 6.54 Å². The molecule has 5 heteroatoms. The van der Waals surface area contributed by atoms with Gasteiger partial charge in [0.15, 0.2) is 11.6 Å². The molecule has 0 saturated heterocycles. The Hall–Kier alpha value is -0.870. The van der Waals surface area contributed by atoms with Crippen molar-refractivity contribution in [3.05, 3.63) is 29.3 Å². The van der Waals surface area contributed by atoms with E-state index in [0.717, 1.165) is 6.07 Å². The summed E-state index contributed by atoms with van der Waals surface area (Å²) < 4.78 is 30.5. The van der Waals surface area contributed by atoms with Crippen LogP contribution in [0.1, 0.15) is 5.56 Å². The number of nitrogens with two attached hydrogens (primary N) is 1. The van der Waals surface area contributed by atoms with Gasteiger partial charge in [0.05, 0.1) is 7.11 Å². The summed E-state index contributed by atoms with van der Waals surface area (Å²) >= 11 is 0.